The van der Waals surface area contributed by atoms with Crippen molar-refractivity contribution in [2.75, 3.05) is 7.11 Å². The van der Waals surface area contributed by atoms with Gasteiger partial charge in [0.25, 0.3) is 0 Å². The Balaban J connectivity index is 1.70. The number of rotatable bonds is 7. The third-order valence-corrected chi connectivity index (χ3v) is 4.12. The Bertz CT molecular complexity index is 714. The summed E-state index contributed by atoms with van der Waals surface area (Å²) in [5, 5.41) is 0. The normalized spacial score (nSPS) is 21.8. The van der Waals surface area contributed by atoms with Crippen molar-refractivity contribution in [1.82, 2.24) is 0 Å². The third-order valence-electron chi connectivity index (χ3n) is 4.12. The highest BCUT2D eigenvalue weighted by molar-refractivity contribution is 5.75. The van der Waals surface area contributed by atoms with Gasteiger partial charge >= 0.3 is 5.97 Å². The van der Waals surface area contributed by atoms with Crippen LogP contribution in [0.3, 0.4) is 0 Å². The molecule has 0 unspecified atom stereocenters. The van der Waals surface area contributed by atoms with E-state index >= 15 is 0 Å². The molecule has 2 aromatic rings. The van der Waals surface area contributed by atoms with Crippen LogP contribution in [0, 0.1) is 0 Å². The van der Waals surface area contributed by atoms with E-state index in [0.717, 1.165) is 11.1 Å². The van der Waals surface area contributed by atoms with Gasteiger partial charge in [-0.3, -0.25) is 0 Å². The second kappa shape index (κ2) is 9.17. The van der Waals surface area contributed by atoms with Crippen LogP contribution >= 0.6 is 0 Å². The van der Waals surface area contributed by atoms with Gasteiger partial charge in [-0.05, 0) is 17.2 Å². The van der Waals surface area contributed by atoms with Crippen LogP contribution in [0.1, 0.15) is 11.1 Å². The summed E-state index contributed by atoms with van der Waals surface area (Å²) < 4.78 is 22.3. The summed E-state index contributed by atoms with van der Waals surface area (Å²) in [5.74, 6) is -0.485. The maximum absolute atomic E-state index is 12.1. The lowest BCUT2D eigenvalue weighted by Gasteiger charge is -2.33. The van der Waals surface area contributed by atoms with Gasteiger partial charge in [0, 0.05) is 0 Å². The Morgan fingerprint density at radius 3 is 2.08 bits per heavy atom. The molecule has 0 saturated heterocycles. The molecule has 0 aromatic heterocycles. The number of hydrogen-bond donors (Lipinski definition) is 0. The molecule has 0 spiro atoms. The van der Waals surface area contributed by atoms with Crippen LogP contribution in [0.25, 0.3) is 0 Å². The molecule has 0 fully saturated rings. The fraction of sp³-hybridized carbons (Fsp3) is 0.286. The molecule has 1 aliphatic heterocycles. The van der Waals surface area contributed by atoms with Crippen molar-refractivity contribution in [3.8, 4) is 0 Å². The van der Waals surface area contributed by atoms with Crippen LogP contribution in [0.2, 0.25) is 0 Å². The van der Waals surface area contributed by atoms with E-state index in [4.69, 9.17) is 18.9 Å². The number of benzene rings is 2. The highest BCUT2D eigenvalue weighted by Gasteiger charge is 2.39. The summed E-state index contributed by atoms with van der Waals surface area (Å²) in [6.45, 7) is 0.760. The lowest BCUT2D eigenvalue weighted by atomic mass is 10.1. The minimum absolute atomic E-state index is 0.349. The van der Waals surface area contributed by atoms with Gasteiger partial charge < -0.3 is 18.9 Å². The quantitative estimate of drug-likeness (QED) is 0.715. The smallest absolute Gasteiger partial charge is 0.349 e. The van der Waals surface area contributed by atoms with E-state index in [1.54, 1.807) is 6.08 Å². The van der Waals surface area contributed by atoms with Crippen LogP contribution in [0.15, 0.2) is 73.0 Å². The molecule has 0 saturated carbocycles. The summed E-state index contributed by atoms with van der Waals surface area (Å²) in [4.78, 5) is 12.1. The summed E-state index contributed by atoms with van der Waals surface area (Å²) in [6.07, 6.45) is 1.35. The largest absolute Gasteiger partial charge is 0.484 e. The molecule has 0 radical (unpaired) electrons. The monoisotopic (exact) mass is 354 g/mol. The zero-order chi connectivity index (χ0) is 18.2. The van der Waals surface area contributed by atoms with Crippen molar-refractivity contribution in [1.29, 1.82) is 0 Å². The second-order valence-electron chi connectivity index (χ2n) is 5.93. The van der Waals surface area contributed by atoms with Gasteiger partial charge in [-0.15, -0.1) is 0 Å². The Morgan fingerprint density at radius 1 is 0.923 bits per heavy atom. The topological polar surface area (TPSA) is 54.0 Å². The Morgan fingerprint density at radius 2 is 1.50 bits per heavy atom. The Hall–Kier alpha value is -2.63. The number of ether oxygens (including phenoxy) is 4. The molecule has 2 aromatic carbocycles. The molecular weight excluding hydrogens is 332 g/mol. The number of carbonyl (C=O) groups excluding carboxylic acids is 1. The Kier molecular flexibility index (Phi) is 6.41. The molecule has 26 heavy (non-hydrogen) atoms. The summed E-state index contributed by atoms with van der Waals surface area (Å²) in [5.41, 5.74) is 2.05. The van der Waals surface area contributed by atoms with Gasteiger partial charge in [0.05, 0.1) is 26.6 Å². The van der Waals surface area contributed by atoms with E-state index in [0.29, 0.717) is 13.2 Å². The zero-order valence-electron chi connectivity index (χ0n) is 14.6. The van der Waals surface area contributed by atoms with Gasteiger partial charge in [-0.25, -0.2) is 4.79 Å². The van der Waals surface area contributed by atoms with Crippen LogP contribution in [0.4, 0.5) is 0 Å². The number of methoxy groups -OCH3 is 1. The van der Waals surface area contributed by atoms with E-state index < -0.39 is 24.3 Å². The molecule has 136 valence electrons. The molecule has 0 aliphatic carbocycles. The first-order valence-electron chi connectivity index (χ1n) is 8.49. The number of hydrogen-bond acceptors (Lipinski definition) is 5. The van der Waals surface area contributed by atoms with Gasteiger partial charge in [-0.2, -0.15) is 0 Å². The molecule has 0 amide bonds. The van der Waals surface area contributed by atoms with E-state index in [1.165, 1.54) is 13.4 Å². The minimum atomic E-state index is -0.866. The standard InChI is InChI=1S/C21H22O5/c1-23-21(22)20-19(26-15-17-10-6-3-7-11-17)18(12-13-24-20)25-14-16-8-4-2-5-9-16/h2-13,18-20H,14-15H2,1H3/t18-,19+,20+/m1/s1. The molecule has 0 bridgehead atoms. The van der Waals surface area contributed by atoms with E-state index in [2.05, 4.69) is 0 Å². The van der Waals surface area contributed by atoms with Crippen LogP contribution in [0.5, 0.6) is 0 Å². The van der Waals surface area contributed by atoms with Crippen molar-refractivity contribution >= 4 is 5.97 Å². The highest BCUT2D eigenvalue weighted by atomic mass is 16.6. The average Bonchev–Trinajstić information content (AvgIpc) is 2.71. The molecule has 3 atom stereocenters. The Labute approximate surface area is 153 Å². The molecule has 0 N–H and O–H groups in total. The lowest BCUT2D eigenvalue weighted by Crippen LogP contribution is -2.48. The maximum atomic E-state index is 12.1. The predicted octanol–water partition coefficient (Wildman–Crippen LogP) is 3.24. The maximum Gasteiger partial charge on any atom is 0.349 e. The van der Waals surface area contributed by atoms with Gasteiger partial charge in [-0.1, -0.05) is 60.7 Å². The van der Waals surface area contributed by atoms with E-state index in [1.807, 2.05) is 60.7 Å². The average molecular weight is 354 g/mol. The fourth-order valence-corrected chi connectivity index (χ4v) is 2.74. The molecular formula is C21H22O5. The molecule has 5 heteroatoms. The van der Waals surface area contributed by atoms with Gasteiger partial charge in [0.15, 0.2) is 0 Å². The highest BCUT2D eigenvalue weighted by Crippen LogP contribution is 2.22. The molecule has 1 heterocycles. The minimum Gasteiger partial charge on any atom is -0.484 e. The fourth-order valence-electron chi connectivity index (χ4n) is 2.74. The van der Waals surface area contributed by atoms with Crippen molar-refractivity contribution in [3.05, 3.63) is 84.1 Å². The first kappa shape index (κ1) is 18.2. The van der Waals surface area contributed by atoms with Gasteiger partial charge in [0.2, 0.25) is 6.10 Å². The summed E-state index contributed by atoms with van der Waals surface area (Å²) in [7, 11) is 1.33. The van der Waals surface area contributed by atoms with Crippen molar-refractivity contribution in [2.24, 2.45) is 0 Å². The summed E-state index contributed by atoms with van der Waals surface area (Å²) >= 11 is 0. The van der Waals surface area contributed by atoms with Crippen molar-refractivity contribution < 1.29 is 23.7 Å². The van der Waals surface area contributed by atoms with Crippen LogP contribution in [-0.2, 0) is 37.0 Å². The lowest BCUT2D eigenvalue weighted by molar-refractivity contribution is -0.174. The predicted molar refractivity (Wildman–Crippen MR) is 96.1 cm³/mol. The summed E-state index contributed by atoms with van der Waals surface area (Å²) in [6, 6.07) is 19.6. The molecule has 1 aliphatic rings. The first-order valence-corrected chi connectivity index (χ1v) is 8.49. The second-order valence-corrected chi connectivity index (χ2v) is 5.93. The molecule has 3 rings (SSSR count). The van der Waals surface area contributed by atoms with Crippen molar-refractivity contribution in [3.63, 3.8) is 0 Å². The third kappa shape index (κ3) is 4.71. The first-order chi connectivity index (χ1) is 12.8. The van der Waals surface area contributed by atoms with Crippen LogP contribution in [-0.4, -0.2) is 31.4 Å². The number of esters is 1. The van der Waals surface area contributed by atoms with E-state index in [9.17, 15) is 4.79 Å². The van der Waals surface area contributed by atoms with Crippen molar-refractivity contribution in [2.45, 2.75) is 31.5 Å². The number of carbonyl (C=O) groups is 1. The zero-order valence-corrected chi connectivity index (χ0v) is 14.6. The SMILES string of the molecule is COC(=O)[C@H]1OC=C[C@@H](OCc2ccccc2)[C@@H]1OCc1ccccc1. The van der Waals surface area contributed by atoms with Crippen LogP contribution < -0.4 is 0 Å². The molecule has 5 nitrogen and oxygen atoms in total. The van der Waals surface area contributed by atoms with E-state index in [-0.39, 0.29) is 0 Å². The van der Waals surface area contributed by atoms with Gasteiger partial charge in [0.1, 0.15) is 12.2 Å².